The van der Waals surface area contributed by atoms with Crippen molar-refractivity contribution in [2.24, 2.45) is 0 Å². The van der Waals surface area contributed by atoms with Gasteiger partial charge in [-0.3, -0.25) is 4.79 Å². The van der Waals surface area contributed by atoms with Gasteiger partial charge in [0.25, 0.3) is 0 Å². The summed E-state index contributed by atoms with van der Waals surface area (Å²) in [5.74, 6) is 0.0897. The number of carbonyl (C=O) groups is 2. The van der Waals surface area contributed by atoms with Gasteiger partial charge in [-0.2, -0.15) is 0 Å². The first-order valence-electron chi connectivity index (χ1n) is 11.6. The lowest BCUT2D eigenvalue weighted by molar-refractivity contribution is -0.696. The molecule has 0 aliphatic rings. The molecule has 2 unspecified atom stereocenters. The normalized spacial score (nSPS) is 12.2. The molecule has 0 aliphatic carbocycles. The Kier molecular flexibility index (Phi) is 12.0. The molecule has 3 aromatic rings. The Morgan fingerprint density at radius 1 is 0.914 bits per heavy atom. The minimum atomic E-state index is -0.646. The van der Waals surface area contributed by atoms with Gasteiger partial charge in [0, 0.05) is 12.0 Å². The number of halogens is 1. The molecule has 0 radical (unpaired) electrons. The van der Waals surface area contributed by atoms with E-state index >= 15 is 0 Å². The van der Waals surface area contributed by atoms with E-state index in [2.05, 4.69) is 17.4 Å². The first-order chi connectivity index (χ1) is 16.6. The number of ketones is 1. The highest BCUT2D eigenvalue weighted by Crippen LogP contribution is 2.18. The molecule has 0 heterocycles. The maximum Gasteiger partial charge on any atom is 0.344 e. The number of ether oxygens (including phenoxy) is 2. The third-order valence-electron chi connectivity index (χ3n) is 5.54. The standard InChI is InChI=1S/C28H31NO5.ClH/c1-2-33-27(31)20-34-24-15-13-22(14-16-24)26(30)17-18-29-25(19-21-9-5-3-6-10-21)28(32)23-11-7-4-8-12-23;/h3-16,25,28-29,32H,2,17-20H2,1H3;1H. The predicted molar refractivity (Wildman–Crippen MR) is 130 cm³/mol. The Balaban J connectivity index is 0.00000432. The molecule has 186 valence electrons. The van der Waals surface area contributed by atoms with E-state index in [1.54, 1.807) is 31.2 Å². The second kappa shape index (κ2) is 14.9. The Labute approximate surface area is 212 Å². The molecule has 3 aromatic carbocycles. The van der Waals surface area contributed by atoms with Crippen LogP contribution >= 0.6 is 0 Å². The SMILES string of the molecule is CCOC(=O)COc1ccc(C(=O)CC[NH2+]C(Cc2ccccc2)C(O)c2ccccc2)cc1.[Cl-]. The highest BCUT2D eigenvalue weighted by molar-refractivity contribution is 5.96. The molecular formula is C28H32ClNO5. The minimum absolute atomic E-state index is 0. The Bertz CT molecular complexity index is 1030. The van der Waals surface area contributed by atoms with Crippen LogP contribution in [0.1, 0.15) is 40.9 Å². The van der Waals surface area contributed by atoms with Gasteiger partial charge in [-0.15, -0.1) is 0 Å². The molecule has 0 fully saturated rings. The molecule has 3 N–H and O–H groups in total. The van der Waals surface area contributed by atoms with Crippen molar-refractivity contribution in [3.63, 3.8) is 0 Å². The van der Waals surface area contributed by atoms with Crippen molar-refractivity contribution in [3.8, 4) is 5.75 Å². The van der Waals surface area contributed by atoms with Crippen LogP contribution in [0.15, 0.2) is 84.9 Å². The number of benzene rings is 3. The van der Waals surface area contributed by atoms with Gasteiger partial charge in [0.1, 0.15) is 17.9 Å². The molecule has 0 amide bonds. The zero-order chi connectivity index (χ0) is 24.2. The molecule has 0 saturated carbocycles. The van der Waals surface area contributed by atoms with Gasteiger partial charge >= 0.3 is 5.97 Å². The van der Waals surface area contributed by atoms with Crippen LogP contribution in [0.5, 0.6) is 5.75 Å². The van der Waals surface area contributed by atoms with E-state index in [4.69, 9.17) is 9.47 Å². The maximum atomic E-state index is 12.7. The smallest absolute Gasteiger partial charge is 0.344 e. The van der Waals surface area contributed by atoms with E-state index in [1.807, 2.05) is 48.5 Å². The summed E-state index contributed by atoms with van der Waals surface area (Å²) in [6.07, 6.45) is 0.389. The number of carbonyl (C=O) groups excluding carboxylic acids is 2. The summed E-state index contributed by atoms with van der Waals surface area (Å²) in [6.45, 7) is 2.44. The lowest BCUT2D eigenvalue weighted by atomic mass is 9.96. The number of nitrogens with two attached hydrogens (primary N) is 1. The topological polar surface area (TPSA) is 89.4 Å². The molecule has 0 aromatic heterocycles. The number of quaternary nitrogens is 1. The molecule has 0 spiro atoms. The third-order valence-corrected chi connectivity index (χ3v) is 5.54. The lowest BCUT2D eigenvalue weighted by Gasteiger charge is -2.22. The number of rotatable bonds is 13. The Hall–Kier alpha value is -3.19. The zero-order valence-electron chi connectivity index (χ0n) is 19.8. The van der Waals surface area contributed by atoms with E-state index < -0.39 is 12.1 Å². The van der Waals surface area contributed by atoms with Gasteiger partial charge in [0.15, 0.2) is 12.4 Å². The highest BCUT2D eigenvalue weighted by atomic mass is 35.5. The quantitative estimate of drug-likeness (QED) is 0.258. The average molecular weight is 498 g/mol. The fourth-order valence-electron chi connectivity index (χ4n) is 3.76. The monoisotopic (exact) mass is 497 g/mol. The lowest BCUT2D eigenvalue weighted by Crippen LogP contribution is -3.00. The number of aliphatic hydroxyl groups is 1. The van der Waals surface area contributed by atoms with Crippen LogP contribution < -0.4 is 22.5 Å². The number of esters is 1. The highest BCUT2D eigenvalue weighted by Gasteiger charge is 2.24. The van der Waals surface area contributed by atoms with Gasteiger partial charge in [-0.1, -0.05) is 60.7 Å². The number of aliphatic hydroxyl groups excluding tert-OH is 1. The fourth-order valence-corrected chi connectivity index (χ4v) is 3.76. The van der Waals surface area contributed by atoms with Crippen molar-refractivity contribution in [2.75, 3.05) is 19.8 Å². The van der Waals surface area contributed by atoms with Crippen molar-refractivity contribution in [2.45, 2.75) is 31.9 Å². The molecule has 3 rings (SSSR count). The van der Waals surface area contributed by atoms with Gasteiger partial charge in [0.05, 0.1) is 19.6 Å². The summed E-state index contributed by atoms with van der Waals surface area (Å²) in [5, 5.41) is 13.1. The van der Waals surface area contributed by atoms with Crippen molar-refractivity contribution >= 4 is 11.8 Å². The summed E-state index contributed by atoms with van der Waals surface area (Å²) in [6, 6.07) is 26.3. The third kappa shape index (κ3) is 9.17. The molecular weight excluding hydrogens is 466 g/mol. The van der Waals surface area contributed by atoms with Crippen LogP contribution in [0.3, 0.4) is 0 Å². The molecule has 0 saturated heterocycles. The number of hydrogen-bond donors (Lipinski definition) is 2. The van der Waals surface area contributed by atoms with E-state index in [0.717, 1.165) is 11.1 Å². The van der Waals surface area contributed by atoms with Gasteiger partial charge < -0.3 is 32.3 Å². The van der Waals surface area contributed by atoms with E-state index in [0.29, 0.717) is 37.3 Å². The summed E-state index contributed by atoms with van der Waals surface area (Å²) in [4.78, 5) is 24.1. The van der Waals surface area contributed by atoms with Crippen LogP contribution in [0.4, 0.5) is 0 Å². The van der Waals surface area contributed by atoms with Gasteiger partial charge in [0.2, 0.25) is 0 Å². The van der Waals surface area contributed by atoms with Crippen molar-refractivity contribution in [1.29, 1.82) is 0 Å². The van der Waals surface area contributed by atoms with E-state index in [1.165, 1.54) is 0 Å². The summed E-state index contributed by atoms with van der Waals surface area (Å²) < 4.78 is 10.2. The van der Waals surface area contributed by atoms with Crippen molar-refractivity contribution in [1.82, 2.24) is 0 Å². The summed E-state index contributed by atoms with van der Waals surface area (Å²) in [7, 11) is 0. The first-order valence-corrected chi connectivity index (χ1v) is 11.6. The van der Waals surface area contributed by atoms with Gasteiger partial charge in [-0.25, -0.2) is 4.79 Å². The number of Topliss-reactive ketones (excluding diaryl/α,β-unsaturated/α-hetero) is 1. The molecule has 7 heteroatoms. The Morgan fingerprint density at radius 2 is 1.54 bits per heavy atom. The van der Waals surface area contributed by atoms with E-state index in [-0.39, 0.29) is 30.8 Å². The molecule has 6 nitrogen and oxygen atoms in total. The second-order valence-corrected chi connectivity index (χ2v) is 8.02. The average Bonchev–Trinajstić information content (AvgIpc) is 2.88. The van der Waals surface area contributed by atoms with Crippen LogP contribution in [0.25, 0.3) is 0 Å². The molecule has 0 aliphatic heterocycles. The zero-order valence-corrected chi connectivity index (χ0v) is 20.6. The second-order valence-electron chi connectivity index (χ2n) is 8.02. The van der Waals surface area contributed by atoms with Gasteiger partial charge in [-0.05, 0) is 42.3 Å². The maximum absolute atomic E-state index is 12.7. The minimum Gasteiger partial charge on any atom is -1.00 e. The summed E-state index contributed by atoms with van der Waals surface area (Å²) in [5.41, 5.74) is 2.59. The molecule has 35 heavy (non-hydrogen) atoms. The van der Waals surface area contributed by atoms with Crippen molar-refractivity contribution < 1.29 is 41.9 Å². The van der Waals surface area contributed by atoms with Crippen LogP contribution in [-0.2, 0) is 16.0 Å². The largest absolute Gasteiger partial charge is 1.00 e. The van der Waals surface area contributed by atoms with Crippen LogP contribution in [0, 0.1) is 0 Å². The first kappa shape index (κ1) is 28.1. The van der Waals surface area contributed by atoms with E-state index in [9.17, 15) is 14.7 Å². The summed E-state index contributed by atoms with van der Waals surface area (Å²) >= 11 is 0. The van der Waals surface area contributed by atoms with Crippen LogP contribution in [-0.4, -0.2) is 42.7 Å². The predicted octanol–water partition coefficient (Wildman–Crippen LogP) is 0.114. The molecule has 2 atom stereocenters. The fraction of sp³-hybridized carbons (Fsp3) is 0.286. The Morgan fingerprint density at radius 3 is 2.17 bits per heavy atom. The number of hydrogen-bond acceptors (Lipinski definition) is 5. The van der Waals surface area contributed by atoms with Crippen molar-refractivity contribution in [3.05, 3.63) is 102 Å². The molecule has 0 bridgehead atoms. The van der Waals surface area contributed by atoms with Crippen LogP contribution in [0.2, 0.25) is 0 Å².